The number of hydrogen-bond donors (Lipinski definition) is 1. The molecule has 0 radical (unpaired) electrons. The lowest BCUT2D eigenvalue weighted by molar-refractivity contribution is 0.0697. The quantitative estimate of drug-likeness (QED) is 0.374. The first kappa shape index (κ1) is 23.6. The third-order valence-corrected chi connectivity index (χ3v) is 6.46. The molecular weight excluding hydrogens is 450 g/mol. The molecule has 182 valence electrons. The minimum absolute atomic E-state index is 0.284. The van der Waals surface area contributed by atoms with Crippen LogP contribution in [0.15, 0.2) is 96.7 Å². The number of rotatable bonds is 8. The van der Waals surface area contributed by atoms with Crippen LogP contribution >= 0.6 is 0 Å². The summed E-state index contributed by atoms with van der Waals surface area (Å²) in [5, 5.41) is 11.5. The number of carbonyl (C=O) groups is 1. The maximum Gasteiger partial charge on any atom is 0.335 e. The van der Waals surface area contributed by atoms with Crippen LogP contribution in [0.4, 0.5) is 5.82 Å². The van der Waals surface area contributed by atoms with E-state index >= 15 is 0 Å². The Morgan fingerprint density at radius 3 is 2.39 bits per heavy atom. The predicted octanol–water partition coefficient (Wildman–Crippen LogP) is 5.22. The van der Waals surface area contributed by atoms with Crippen molar-refractivity contribution in [3.05, 3.63) is 108 Å². The fraction of sp³-hybridized carbons (Fsp3) is 0.200. The van der Waals surface area contributed by atoms with E-state index < -0.39 is 5.97 Å². The summed E-state index contributed by atoms with van der Waals surface area (Å²) < 4.78 is 6.34. The van der Waals surface area contributed by atoms with Gasteiger partial charge in [-0.2, -0.15) is 0 Å². The Morgan fingerprint density at radius 1 is 0.889 bits per heavy atom. The van der Waals surface area contributed by atoms with Crippen LogP contribution in [-0.4, -0.2) is 60.3 Å². The SMILES string of the molecule is O=C(O)c1ccc(C=C(COc2cccc3ccccc23)CN2CCN(c3ccccn3)CC2)cc1. The van der Waals surface area contributed by atoms with Crippen molar-refractivity contribution in [3.63, 3.8) is 0 Å². The maximum atomic E-state index is 11.2. The lowest BCUT2D eigenvalue weighted by Gasteiger charge is -2.35. The highest BCUT2D eigenvalue weighted by Gasteiger charge is 2.19. The Hall–Kier alpha value is -4.16. The van der Waals surface area contributed by atoms with E-state index in [-0.39, 0.29) is 5.56 Å². The monoisotopic (exact) mass is 479 g/mol. The Balaban J connectivity index is 1.32. The molecule has 36 heavy (non-hydrogen) atoms. The van der Waals surface area contributed by atoms with Crippen LogP contribution in [0.2, 0.25) is 0 Å². The van der Waals surface area contributed by atoms with Gasteiger partial charge in [0.15, 0.2) is 0 Å². The highest BCUT2D eigenvalue weighted by atomic mass is 16.5. The standard InChI is InChI=1S/C30H29N3O3/c34-30(35)26-13-11-23(12-14-26)20-24(22-36-28-9-5-7-25-6-1-2-8-27(25)28)21-32-16-18-33(19-17-32)29-10-3-4-15-31-29/h1-15,20H,16-19,21-22H2,(H,34,35). The van der Waals surface area contributed by atoms with E-state index in [1.165, 1.54) is 0 Å². The molecule has 1 saturated heterocycles. The number of carboxylic acids is 1. The molecule has 1 fully saturated rings. The van der Waals surface area contributed by atoms with Gasteiger partial charge in [-0.3, -0.25) is 4.90 Å². The molecule has 1 N–H and O–H groups in total. The second kappa shape index (κ2) is 11.1. The minimum Gasteiger partial charge on any atom is -0.489 e. The van der Waals surface area contributed by atoms with Crippen molar-refractivity contribution in [2.45, 2.75) is 0 Å². The molecule has 1 aromatic heterocycles. The molecule has 1 aliphatic rings. The molecule has 0 amide bonds. The number of carboxylic acid groups (broad SMARTS) is 1. The summed E-state index contributed by atoms with van der Waals surface area (Å²) in [6, 6.07) is 27.3. The molecule has 4 aromatic rings. The van der Waals surface area contributed by atoms with Crippen molar-refractivity contribution < 1.29 is 14.6 Å². The van der Waals surface area contributed by atoms with Crippen molar-refractivity contribution in [1.29, 1.82) is 0 Å². The summed E-state index contributed by atoms with van der Waals surface area (Å²) in [5.74, 6) is 0.960. The number of ether oxygens (including phenoxy) is 1. The molecule has 2 heterocycles. The Kier molecular flexibility index (Phi) is 7.24. The molecule has 6 heteroatoms. The van der Waals surface area contributed by atoms with Gasteiger partial charge in [-0.05, 0) is 46.9 Å². The Morgan fingerprint density at radius 2 is 1.64 bits per heavy atom. The van der Waals surface area contributed by atoms with Crippen LogP contribution in [0.1, 0.15) is 15.9 Å². The van der Waals surface area contributed by atoms with Crippen molar-refractivity contribution in [3.8, 4) is 5.75 Å². The predicted molar refractivity (Wildman–Crippen MR) is 144 cm³/mol. The van der Waals surface area contributed by atoms with Crippen LogP contribution in [-0.2, 0) is 0 Å². The van der Waals surface area contributed by atoms with E-state index in [4.69, 9.17) is 4.74 Å². The number of nitrogens with zero attached hydrogens (tertiary/aromatic N) is 3. The van der Waals surface area contributed by atoms with E-state index in [0.717, 1.165) is 66.2 Å². The Bertz CT molecular complexity index is 1340. The first-order valence-corrected chi connectivity index (χ1v) is 12.2. The number of benzene rings is 3. The van der Waals surface area contributed by atoms with E-state index in [1.54, 1.807) is 12.1 Å². The molecular formula is C30H29N3O3. The van der Waals surface area contributed by atoms with Crippen molar-refractivity contribution in [2.24, 2.45) is 0 Å². The first-order chi connectivity index (χ1) is 17.7. The van der Waals surface area contributed by atoms with Gasteiger partial charge in [0.2, 0.25) is 0 Å². The average Bonchev–Trinajstić information content (AvgIpc) is 2.93. The van der Waals surface area contributed by atoms with E-state index in [0.29, 0.717) is 6.61 Å². The fourth-order valence-electron chi connectivity index (χ4n) is 4.55. The molecule has 1 aliphatic heterocycles. The fourth-order valence-corrected chi connectivity index (χ4v) is 4.55. The van der Waals surface area contributed by atoms with Gasteiger partial charge in [0.1, 0.15) is 18.2 Å². The van der Waals surface area contributed by atoms with Gasteiger partial charge in [0, 0.05) is 44.3 Å². The van der Waals surface area contributed by atoms with Crippen molar-refractivity contribution >= 4 is 28.6 Å². The molecule has 6 nitrogen and oxygen atoms in total. The van der Waals surface area contributed by atoms with Crippen LogP contribution in [0.5, 0.6) is 5.75 Å². The zero-order valence-corrected chi connectivity index (χ0v) is 20.1. The van der Waals surface area contributed by atoms with Crippen molar-refractivity contribution in [2.75, 3.05) is 44.2 Å². The summed E-state index contributed by atoms with van der Waals surface area (Å²) >= 11 is 0. The molecule has 0 unspecified atom stereocenters. The lowest BCUT2D eigenvalue weighted by Crippen LogP contribution is -2.47. The summed E-state index contributed by atoms with van der Waals surface area (Å²) in [6.45, 7) is 4.93. The topological polar surface area (TPSA) is 65.9 Å². The summed E-state index contributed by atoms with van der Waals surface area (Å²) in [6.07, 6.45) is 3.95. The maximum absolute atomic E-state index is 11.2. The molecule has 0 bridgehead atoms. The first-order valence-electron chi connectivity index (χ1n) is 12.2. The van der Waals surface area contributed by atoms with Crippen LogP contribution in [0.3, 0.4) is 0 Å². The van der Waals surface area contributed by atoms with Crippen LogP contribution in [0.25, 0.3) is 16.8 Å². The van der Waals surface area contributed by atoms with E-state index in [1.807, 2.05) is 54.7 Å². The van der Waals surface area contributed by atoms with Gasteiger partial charge in [-0.15, -0.1) is 0 Å². The van der Waals surface area contributed by atoms with E-state index in [9.17, 15) is 9.90 Å². The van der Waals surface area contributed by atoms with Gasteiger partial charge in [-0.1, -0.05) is 60.7 Å². The average molecular weight is 480 g/mol. The third-order valence-electron chi connectivity index (χ3n) is 6.46. The highest BCUT2D eigenvalue weighted by Crippen LogP contribution is 2.26. The van der Waals surface area contributed by atoms with Gasteiger partial charge < -0.3 is 14.7 Å². The number of piperazine rings is 1. The Labute approximate surface area is 211 Å². The molecule has 0 spiro atoms. The smallest absolute Gasteiger partial charge is 0.335 e. The number of pyridine rings is 1. The number of aromatic carboxylic acids is 1. The van der Waals surface area contributed by atoms with Crippen LogP contribution in [0, 0.1) is 0 Å². The van der Waals surface area contributed by atoms with Crippen molar-refractivity contribution in [1.82, 2.24) is 9.88 Å². The molecule has 3 aromatic carbocycles. The molecule has 0 aliphatic carbocycles. The highest BCUT2D eigenvalue weighted by molar-refractivity contribution is 5.88. The number of fused-ring (bicyclic) bond motifs is 1. The lowest BCUT2D eigenvalue weighted by atomic mass is 10.1. The molecule has 0 saturated carbocycles. The summed E-state index contributed by atoms with van der Waals surface area (Å²) in [4.78, 5) is 20.5. The second-order valence-electron chi connectivity index (χ2n) is 8.95. The summed E-state index contributed by atoms with van der Waals surface area (Å²) in [5.41, 5.74) is 2.38. The summed E-state index contributed by atoms with van der Waals surface area (Å²) in [7, 11) is 0. The largest absolute Gasteiger partial charge is 0.489 e. The third kappa shape index (κ3) is 5.73. The number of anilines is 1. The van der Waals surface area contributed by atoms with Crippen LogP contribution < -0.4 is 9.64 Å². The number of aromatic nitrogens is 1. The van der Waals surface area contributed by atoms with Gasteiger partial charge in [-0.25, -0.2) is 9.78 Å². The van der Waals surface area contributed by atoms with Gasteiger partial charge >= 0.3 is 5.97 Å². The van der Waals surface area contributed by atoms with E-state index in [2.05, 4.69) is 45.1 Å². The number of hydrogen-bond acceptors (Lipinski definition) is 5. The van der Waals surface area contributed by atoms with Gasteiger partial charge in [0.25, 0.3) is 0 Å². The molecule has 5 rings (SSSR count). The minimum atomic E-state index is -0.921. The molecule has 0 atom stereocenters. The zero-order valence-electron chi connectivity index (χ0n) is 20.1. The van der Waals surface area contributed by atoms with Gasteiger partial charge in [0.05, 0.1) is 5.56 Å². The second-order valence-corrected chi connectivity index (χ2v) is 8.95. The normalized spacial score (nSPS) is 14.7. The zero-order chi connectivity index (χ0) is 24.7.